The second-order valence-electron chi connectivity index (χ2n) is 5.23. The van der Waals surface area contributed by atoms with Crippen molar-refractivity contribution in [2.45, 2.75) is 33.5 Å². The number of thiophene rings is 1. The van der Waals surface area contributed by atoms with E-state index in [1.165, 1.54) is 11.3 Å². The highest BCUT2D eigenvalue weighted by molar-refractivity contribution is 7.10. The molecule has 5 nitrogen and oxygen atoms in total. The average Bonchev–Trinajstić information content (AvgIpc) is 3.11. The molecule has 2 aromatic rings. The average molecular weight is 347 g/mol. The van der Waals surface area contributed by atoms with Crippen LogP contribution in [0.15, 0.2) is 16.0 Å². The Kier molecular flexibility index (Phi) is 5.08. The van der Waals surface area contributed by atoms with Crippen molar-refractivity contribution in [2.75, 3.05) is 6.54 Å². The van der Waals surface area contributed by atoms with E-state index in [4.69, 9.17) is 0 Å². The van der Waals surface area contributed by atoms with E-state index in [0.29, 0.717) is 18.7 Å². The summed E-state index contributed by atoms with van der Waals surface area (Å²) in [7, 11) is 0. The second kappa shape index (κ2) is 6.69. The fourth-order valence-electron chi connectivity index (χ4n) is 1.94. The number of rotatable bonds is 5. The summed E-state index contributed by atoms with van der Waals surface area (Å²) in [5.74, 6) is -1.56. The number of aromatic nitrogens is 2. The van der Waals surface area contributed by atoms with Crippen molar-refractivity contribution in [3.8, 4) is 11.4 Å². The summed E-state index contributed by atoms with van der Waals surface area (Å²) in [6, 6.07) is 1.67. The van der Waals surface area contributed by atoms with Crippen LogP contribution in [0.1, 0.15) is 31.5 Å². The fraction of sp³-hybridized carbons (Fsp3) is 0.500. The third-order valence-corrected chi connectivity index (χ3v) is 4.04. The molecule has 9 heteroatoms. The molecule has 2 rings (SSSR count). The molecule has 0 aliphatic rings. The summed E-state index contributed by atoms with van der Waals surface area (Å²) in [4.78, 5) is 17.9. The molecule has 0 spiro atoms. The first-order valence-electron chi connectivity index (χ1n) is 6.99. The summed E-state index contributed by atoms with van der Waals surface area (Å²) < 4.78 is 41.6. The topological polar surface area (TPSA) is 59.2 Å². The highest BCUT2D eigenvalue weighted by Crippen LogP contribution is 2.31. The minimum Gasteiger partial charge on any atom is -0.338 e. The first-order valence-corrected chi connectivity index (χ1v) is 7.87. The van der Waals surface area contributed by atoms with E-state index in [2.05, 4.69) is 14.7 Å². The van der Waals surface area contributed by atoms with Gasteiger partial charge in [0.1, 0.15) is 0 Å². The van der Waals surface area contributed by atoms with Gasteiger partial charge in [0.2, 0.25) is 11.7 Å². The van der Waals surface area contributed by atoms with Crippen LogP contribution in [-0.4, -0.2) is 27.5 Å². The number of amides is 1. The van der Waals surface area contributed by atoms with Crippen molar-refractivity contribution in [1.29, 1.82) is 0 Å². The van der Waals surface area contributed by atoms with Gasteiger partial charge in [0.15, 0.2) is 0 Å². The van der Waals surface area contributed by atoms with E-state index in [1.54, 1.807) is 16.3 Å². The maximum Gasteiger partial charge on any atom is 0.471 e. The van der Waals surface area contributed by atoms with Crippen LogP contribution in [0, 0.1) is 5.92 Å². The van der Waals surface area contributed by atoms with E-state index >= 15 is 0 Å². The van der Waals surface area contributed by atoms with E-state index in [9.17, 15) is 18.0 Å². The van der Waals surface area contributed by atoms with Gasteiger partial charge in [-0.2, -0.15) is 18.2 Å². The van der Waals surface area contributed by atoms with Gasteiger partial charge in [-0.05, 0) is 13.0 Å². The zero-order chi connectivity index (χ0) is 17.2. The molecule has 0 unspecified atom stereocenters. The Labute approximate surface area is 135 Å². The zero-order valence-electron chi connectivity index (χ0n) is 12.8. The van der Waals surface area contributed by atoms with Gasteiger partial charge in [0.25, 0.3) is 0 Å². The van der Waals surface area contributed by atoms with Gasteiger partial charge >= 0.3 is 12.1 Å². The van der Waals surface area contributed by atoms with Crippen LogP contribution in [0.5, 0.6) is 0 Å². The lowest BCUT2D eigenvalue weighted by molar-refractivity contribution is -0.159. The van der Waals surface area contributed by atoms with Gasteiger partial charge in [-0.3, -0.25) is 4.79 Å². The van der Waals surface area contributed by atoms with Crippen molar-refractivity contribution in [3.63, 3.8) is 0 Å². The normalized spacial score (nSPS) is 12.0. The molecular weight excluding hydrogens is 331 g/mol. The Hall–Kier alpha value is -1.90. The molecule has 0 N–H and O–H groups in total. The van der Waals surface area contributed by atoms with E-state index in [0.717, 1.165) is 4.88 Å². The number of carbonyl (C=O) groups is 1. The monoisotopic (exact) mass is 347 g/mol. The highest BCUT2D eigenvalue weighted by Gasteiger charge is 2.38. The molecule has 0 saturated heterocycles. The Morgan fingerprint density at radius 2 is 2.13 bits per heavy atom. The molecule has 0 aliphatic heterocycles. The smallest absolute Gasteiger partial charge is 0.338 e. The molecule has 0 saturated carbocycles. The molecule has 126 valence electrons. The van der Waals surface area contributed by atoms with Crippen molar-refractivity contribution >= 4 is 17.2 Å². The number of carbonyl (C=O) groups excluding carboxylic acids is 1. The molecule has 2 heterocycles. The van der Waals surface area contributed by atoms with E-state index < -0.39 is 12.1 Å². The largest absolute Gasteiger partial charge is 0.471 e. The van der Waals surface area contributed by atoms with Crippen LogP contribution < -0.4 is 0 Å². The minimum absolute atomic E-state index is 0.0290. The van der Waals surface area contributed by atoms with Crippen LogP contribution in [-0.2, 0) is 17.5 Å². The van der Waals surface area contributed by atoms with Crippen LogP contribution in [0.3, 0.4) is 0 Å². The maximum atomic E-state index is 12.5. The highest BCUT2D eigenvalue weighted by atomic mass is 32.1. The predicted molar refractivity (Wildman–Crippen MR) is 78.5 cm³/mol. The molecule has 0 aromatic carbocycles. The van der Waals surface area contributed by atoms with Crippen LogP contribution in [0.4, 0.5) is 13.2 Å². The third kappa shape index (κ3) is 4.10. The number of hydrogen-bond donors (Lipinski definition) is 0. The van der Waals surface area contributed by atoms with Gasteiger partial charge in [0.05, 0.1) is 6.54 Å². The first-order chi connectivity index (χ1) is 10.7. The van der Waals surface area contributed by atoms with Gasteiger partial charge < -0.3 is 9.42 Å². The molecular formula is C14H16F3N3O2S. The lowest BCUT2D eigenvalue weighted by Gasteiger charge is -2.22. The summed E-state index contributed by atoms with van der Waals surface area (Å²) in [6.45, 7) is 6.49. The molecule has 0 radical (unpaired) electrons. The molecule has 0 atom stereocenters. The van der Waals surface area contributed by atoms with Gasteiger partial charge in [-0.25, -0.2) is 0 Å². The third-order valence-electron chi connectivity index (χ3n) is 3.11. The van der Waals surface area contributed by atoms with E-state index in [-0.39, 0.29) is 17.6 Å². The van der Waals surface area contributed by atoms with Crippen LogP contribution in [0.25, 0.3) is 11.4 Å². The predicted octanol–water partition coefficient (Wildman–Crippen LogP) is 3.82. The SMILES string of the molecule is CCN(Cc1cc(-c2noc(C(F)(F)F)n2)cs1)C(=O)C(C)C. The number of hydrogen-bond acceptors (Lipinski definition) is 5. The van der Waals surface area contributed by atoms with E-state index in [1.807, 2.05) is 20.8 Å². The van der Waals surface area contributed by atoms with Crippen molar-refractivity contribution in [3.05, 3.63) is 22.2 Å². The molecule has 0 aliphatic carbocycles. The van der Waals surface area contributed by atoms with Crippen molar-refractivity contribution < 1.29 is 22.5 Å². The molecule has 23 heavy (non-hydrogen) atoms. The van der Waals surface area contributed by atoms with Gasteiger partial charge in [-0.1, -0.05) is 19.0 Å². The lowest BCUT2D eigenvalue weighted by atomic mass is 10.2. The fourth-order valence-corrected chi connectivity index (χ4v) is 2.81. The summed E-state index contributed by atoms with van der Waals surface area (Å²) in [5.41, 5.74) is 0.442. The van der Waals surface area contributed by atoms with Crippen molar-refractivity contribution in [2.24, 2.45) is 5.92 Å². The first kappa shape index (κ1) is 17.5. The Balaban J connectivity index is 2.14. The Morgan fingerprint density at radius 1 is 1.43 bits per heavy atom. The number of halogens is 3. The van der Waals surface area contributed by atoms with Crippen LogP contribution in [0.2, 0.25) is 0 Å². The zero-order valence-corrected chi connectivity index (χ0v) is 13.7. The molecule has 0 fully saturated rings. The second-order valence-corrected chi connectivity index (χ2v) is 6.23. The quantitative estimate of drug-likeness (QED) is 0.825. The molecule has 2 aromatic heterocycles. The summed E-state index contributed by atoms with van der Waals surface area (Å²) in [6.07, 6.45) is -4.66. The van der Waals surface area contributed by atoms with Crippen molar-refractivity contribution in [1.82, 2.24) is 15.0 Å². The molecule has 1 amide bonds. The summed E-state index contributed by atoms with van der Waals surface area (Å²) in [5, 5.41) is 5.00. The Morgan fingerprint density at radius 3 is 2.65 bits per heavy atom. The number of alkyl halides is 3. The van der Waals surface area contributed by atoms with Gasteiger partial charge in [0, 0.05) is 28.3 Å². The molecule has 0 bridgehead atoms. The number of nitrogens with zero attached hydrogens (tertiary/aromatic N) is 3. The summed E-state index contributed by atoms with van der Waals surface area (Å²) >= 11 is 1.34. The van der Waals surface area contributed by atoms with Gasteiger partial charge in [-0.15, -0.1) is 11.3 Å². The van der Waals surface area contributed by atoms with Crippen LogP contribution >= 0.6 is 11.3 Å². The maximum absolute atomic E-state index is 12.5. The lowest BCUT2D eigenvalue weighted by Crippen LogP contribution is -2.33. The minimum atomic E-state index is -4.66. The standard InChI is InChI=1S/C14H16F3N3O2S/c1-4-20(12(21)8(2)3)6-10-5-9(7-23-10)11-18-13(22-19-11)14(15,16)17/h5,7-8H,4,6H2,1-3H3. The Bertz CT molecular complexity index is 679.